The second-order valence-electron chi connectivity index (χ2n) is 5.05. The monoisotopic (exact) mass is 559 g/mol. The number of likely N-dealkylation sites (N-methyl/N-ethyl adjacent to an activating group) is 1. The number of aryl methyl sites for hydroxylation is 1. The van der Waals surface area contributed by atoms with Gasteiger partial charge in [0.15, 0.2) is 0 Å². The molecule has 0 fully saturated rings. The number of nitrogens with zero attached hydrogens (tertiary/aromatic N) is 1. The van der Waals surface area contributed by atoms with Crippen LogP contribution in [0.2, 0.25) is 0 Å². The molecule has 2 rings (SSSR count). The van der Waals surface area contributed by atoms with Crippen LogP contribution in [0.3, 0.4) is 0 Å². The van der Waals surface area contributed by atoms with Crippen molar-refractivity contribution in [2.75, 3.05) is 23.2 Å². The summed E-state index contributed by atoms with van der Waals surface area (Å²) in [6.07, 6.45) is 0. The molecule has 0 aliphatic heterocycles. The third kappa shape index (κ3) is 5.03. The summed E-state index contributed by atoms with van der Waals surface area (Å²) in [7, 11) is -2.12. The van der Waals surface area contributed by atoms with Crippen LogP contribution in [0.1, 0.15) is 5.56 Å². The standard InChI is InChI=1S/C16H18N3O3S.Ac/c1-12-8-9-13(10-15(12)19(2)16(20)11-17)18-23(21,22)14-6-4-3-5-7-14;/h3-10,17-18H,11H2,1-2H3;/q-1;. The predicted molar refractivity (Wildman–Crippen MR) is 91.0 cm³/mol. The van der Waals surface area contributed by atoms with E-state index in [9.17, 15) is 13.2 Å². The molecule has 6 nitrogen and oxygen atoms in total. The van der Waals surface area contributed by atoms with E-state index in [1.165, 1.54) is 17.0 Å². The van der Waals surface area contributed by atoms with Gasteiger partial charge in [0.2, 0.25) is 5.91 Å². The third-order valence-corrected chi connectivity index (χ3v) is 4.80. The molecule has 125 valence electrons. The van der Waals surface area contributed by atoms with E-state index in [-0.39, 0.29) is 61.4 Å². The second kappa shape index (κ2) is 8.95. The number of anilines is 2. The molecular weight excluding hydrogens is 541 g/mol. The molecule has 0 spiro atoms. The Hall–Kier alpha value is -0.938. The van der Waals surface area contributed by atoms with Crippen molar-refractivity contribution in [3.8, 4) is 0 Å². The van der Waals surface area contributed by atoms with Crippen LogP contribution >= 0.6 is 0 Å². The van der Waals surface area contributed by atoms with Gasteiger partial charge in [0, 0.05) is 56.8 Å². The molecule has 0 unspecified atom stereocenters. The average molecular weight is 559 g/mol. The van der Waals surface area contributed by atoms with Crippen LogP contribution in [0, 0.1) is 51.0 Å². The molecule has 0 aliphatic carbocycles. The molecule has 1 amide bonds. The topological polar surface area (TPSA) is 90.3 Å². The summed E-state index contributed by atoms with van der Waals surface area (Å²) >= 11 is 0. The van der Waals surface area contributed by atoms with Crippen LogP contribution in [0.5, 0.6) is 0 Å². The predicted octanol–water partition coefficient (Wildman–Crippen LogP) is 2.81. The molecule has 2 N–H and O–H groups in total. The molecule has 8 heteroatoms. The van der Waals surface area contributed by atoms with Gasteiger partial charge < -0.3 is 10.6 Å². The Labute approximate surface area is 178 Å². The maximum Gasteiger partial charge on any atom is 0.261 e. The van der Waals surface area contributed by atoms with Crippen LogP contribution in [0.15, 0.2) is 53.4 Å². The van der Waals surface area contributed by atoms with Gasteiger partial charge in [0.25, 0.3) is 10.0 Å². The zero-order valence-electron chi connectivity index (χ0n) is 13.5. The molecule has 0 atom stereocenters. The summed E-state index contributed by atoms with van der Waals surface area (Å²) in [5.74, 6) is -0.365. The van der Waals surface area contributed by atoms with E-state index in [1.807, 2.05) is 6.92 Å². The van der Waals surface area contributed by atoms with Gasteiger partial charge in [-0.15, -0.1) is 0 Å². The first-order valence-electron chi connectivity index (χ1n) is 6.95. The molecule has 1 radical (unpaired) electrons. The van der Waals surface area contributed by atoms with Gasteiger partial charge in [-0.1, -0.05) is 30.8 Å². The van der Waals surface area contributed by atoms with E-state index in [1.54, 1.807) is 43.4 Å². The summed E-state index contributed by atoms with van der Waals surface area (Å²) in [6, 6.07) is 13.0. The molecule has 0 bridgehead atoms. The fourth-order valence-electron chi connectivity index (χ4n) is 2.10. The van der Waals surface area contributed by atoms with E-state index < -0.39 is 10.0 Å². The summed E-state index contributed by atoms with van der Waals surface area (Å²) in [5.41, 5.74) is 8.91. The molecule has 24 heavy (non-hydrogen) atoms. The molecule has 2 aromatic rings. The summed E-state index contributed by atoms with van der Waals surface area (Å²) < 4.78 is 27.2. The molecule has 0 aliphatic rings. The molecule has 2 aromatic carbocycles. The Morgan fingerprint density at radius 3 is 2.38 bits per heavy atom. The summed E-state index contributed by atoms with van der Waals surface area (Å²) in [6.45, 7) is 1.45. The number of nitrogens with one attached hydrogen (secondary N) is 2. The van der Waals surface area contributed by atoms with Crippen molar-refractivity contribution < 1.29 is 57.3 Å². The fraction of sp³-hybridized carbons (Fsp3) is 0.188. The SMILES string of the molecule is Cc1ccc(NS(=O)(=O)c2ccccc2)cc1N(C)C(=O)C[NH-].[Ac]. The first kappa shape index (κ1) is 21.1. The van der Waals surface area contributed by atoms with Crippen LogP contribution < -0.4 is 9.62 Å². The van der Waals surface area contributed by atoms with Gasteiger partial charge >= 0.3 is 0 Å². The first-order chi connectivity index (χ1) is 10.8. The zero-order valence-corrected chi connectivity index (χ0v) is 19.0. The number of hydrogen-bond acceptors (Lipinski definition) is 3. The quantitative estimate of drug-likeness (QED) is 0.611. The largest absolute Gasteiger partial charge is 0.670 e. The minimum atomic E-state index is -3.68. The summed E-state index contributed by atoms with van der Waals surface area (Å²) in [5, 5.41) is 0. The van der Waals surface area contributed by atoms with E-state index in [4.69, 9.17) is 5.73 Å². The van der Waals surface area contributed by atoms with Gasteiger partial charge in [0.1, 0.15) is 0 Å². The van der Waals surface area contributed by atoms with Crippen molar-refractivity contribution in [2.24, 2.45) is 0 Å². The molecular formula is C16H18AcN3O3S-. The van der Waals surface area contributed by atoms with Gasteiger partial charge in [-0.3, -0.25) is 9.52 Å². The first-order valence-corrected chi connectivity index (χ1v) is 8.43. The van der Waals surface area contributed by atoms with Crippen LogP contribution in [-0.4, -0.2) is 27.9 Å². The number of carbonyl (C=O) groups excluding carboxylic acids is 1. The second-order valence-corrected chi connectivity index (χ2v) is 6.73. The zero-order chi connectivity index (χ0) is 17.0. The average Bonchev–Trinajstić information content (AvgIpc) is 2.55. The number of benzene rings is 2. The minimum absolute atomic E-state index is 0. The minimum Gasteiger partial charge on any atom is -0.670 e. The Bertz CT molecular complexity index is 811. The van der Waals surface area contributed by atoms with Crippen LogP contribution in [-0.2, 0) is 14.8 Å². The Balaban J connectivity index is 0.00000288. The number of hydrogen-bond donors (Lipinski definition) is 1. The Kier molecular flexibility index (Phi) is 7.87. The molecule has 0 saturated carbocycles. The van der Waals surface area contributed by atoms with Crippen LogP contribution in [0.4, 0.5) is 11.4 Å². The van der Waals surface area contributed by atoms with Crippen molar-refractivity contribution >= 4 is 27.3 Å². The van der Waals surface area contributed by atoms with E-state index in [2.05, 4.69) is 4.72 Å². The number of amides is 1. The van der Waals surface area contributed by atoms with Crippen molar-refractivity contribution in [3.63, 3.8) is 0 Å². The van der Waals surface area contributed by atoms with E-state index in [0.29, 0.717) is 11.4 Å². The van der Waals surface area contributed by atoms with Crippen molar-refractivity contribution in [1.82, 2.24) is 0 Å². The maximum absolute atomic E-state index is 12.3. The number of carbonyl (C=O) groups is 1. The van der Waals surface area contributed by atoms with Crippen molar-refractivity contribution in [3.05, 3.63) is 59.8 Å². The smallest absolute Gasteiger partial charge is 0.261 e. The van der Waals surface area contributed by atoms with Crippen LogP contribution in [0.25, 0.3) is 5.73 Å². The summed E-state index contributed by atoms with van der Waals surface area (Å²) in [4.78, 5) is 13.2. The van der Waals surface area contributed by atoms with Gasteiger partial charge in [-0.05, 0) is 36.8 Å². The van der Waals surface area contributed by atoms with E-state index in [0.717, 1.165) is 5.56 Å². The van der Waals surface area contributed by atoms with Gasteiger partial charge in [0.05, 0.1) is 10.6 Å². The molecule has 0 heterocycles. The molecule has 0 aromatic heterocycles. The van der Waals surface area contributed by atoms with Gasteiger partial charge in [-0.25, -0.2) is 8.42 Å². The van der Waals surface area contributed by atoms with Crippen molar-refractivity contribution in [2.45, 2.75) is 11.8 Å². The molecule has 0 saturated heterocycles. The fourth-order valence-corrected chi connectivity index (χ4v) is 3.17. The Morgan fingerprint density at radius 1 is 1.17 bits per heavy atom. The van der Waals surface area contributed by atoms with Crippen molar-refractivity contribution in [1.29, 1.82) is 0 Å². The maximum atomic E-state index is 12.3. The van der Waals surface area contributed by atoms with E-state index >= 15 is 0 Å². The number of rotatable bonds is 5. The normalized spacial score (nSPS) is 10.6. The third-order valence-electron chi connectivity index (χ3n) is 3.40. The Morgan fingerprint density at radius 2 is 1.79 bits per heavy atom. The number of sulfonamides is 1. The van der Waals surface area contributed by atoms with Gasteiger partial charge in [-0.2, -0.15) is 0 Å².